The lowest BCUT2D eigenvalue weighted by molar-refractivity contribution is -0.120. The zero-order chi connectivity index (χ0) is 15.4. The Morgan fingerprint density at radius 2 is 2.27 bits per heavy atom. The minimum Gasteiger partial charge on any atom is -0.297 e. The molecule has 108 valence electrons. The molecular weight excluding hydrogens is 298 g/mol. The van der Waals surface area contributed by atoms with Crippen LogP contribution in [0.3, 0.4) is 0 Å². The maximum Gasteiger partial charge on any atom is 0.246 e. The van der Waals surface area contributed by atoms with Crippen LogP contribution in [-0.2, 0) is 11.2 Å². The third kappa shape index (κ3) is 3.19. The summed E-state index contributed by atoms with van der Waals surface area (Å²) in [5.41, 5.74) is 4.56. The highest BCUT2D eigenvalue weighted by atomic mass is 32.1. The van der Waals surface area contributed by atoms with Crippen molar-refractivity contribution in [3.05, 3.63) is 58.9 Å². The fraction of sp³-hybridized carbons (Fsp3) is 0.0667. The lowest BCUT2D eigenvalue weighted by Crippen LogP contribution is -2.19. The van der Waals surface area contributed by atoms with E-state index in [2.05, 4.69) is 15.5 Å². The van der Waals surface area contributed by atoms with Crippen molar-refractivity contribution in [2.24, 2.45) is 5.10 Å². The van der Waals surface area contributed by atoms with E-state index in [1.54, 1.807) is 24.3 Å². The van der Waals surface area contributed by atoms with Gasteiger partial charge in [0, 0.05) is 17.8 Å². The predicted octanol–water partition coefficient (Wildman–Crippen LogP) is 1.96. The fourth-order valence-electron chi connectivity index (χ4n) is 1.89. The molecule has 2 aromatic heterocycles. The van der Waals surface area contributed by atoms with E-state index in [1.807, 2.05) is 28.2 Å². The van der Waals surface area contributed by atoms with Crippen molar-refractivity contribution in [3.8, 4) is 6.07 Å². The Labute approximate surface area is 130 Å². The zero-order valence-corrected chi connectivity index (χ0v) is 12.2. The van der Waals surface area contributed by atoms with Gasteiger partial charge in [-0.3, -0.25) is 9.20 Å². The summed E-state index contributed by atoms with van der Waals surface area (Å²) >= 11 is 1.52. The maximum atomic E-state index is 11.8. The summed E-state index contributed by atoms with van der Waals surface area (Å²) in [4.78, 5) is 17.0. The van der Waals surface area contributed by atoms with E-state index in [0.29, 0.717) is 11.3 Å². The van der Waals surface area contributed by atoms with Crippen molar-refractivity contribution in [2.45, 2.75) is 6.42 Å². The van der Waals surface area contributed by atoms with Gasteiger partial charge in [0.15, 0.2) is 4.96 Å². The smallest absolute Gasteiger partial charge is 0.246 e. The number of hydrazone groups is 1. The number of imidazole rings is 1. The van der Waals surface area contributed by atoms with Gasteiger partial charge in [-0.05, 0) is 17.7 Å². The number of rotatable bonds is 4. The molecule has 1 aromatic carbocycles. The second kappa shape index (κ2) is 6.20. The van der Waals surface area contributed by atoms with Gasteiger partial charge in [0.05, 0.1) is 30.0 Å². The molecule has 0 aliphatic heterocycles. The third-order valence-electron chi connectivity index (χ3n) is 2.93. The number of nitrogens with zero attached hydrogens (tertiary/aromatic N) is 4. The minimum atomic E-state index is -0.226. The van der Waals surface area contributed by atoms with E-state index in [0.717, 1.165) is 10.5 Å². The Kier molecular flexibility index (Phi) is 3.94. The Balaban J connectivity index is 1.56. The molecule has 6 nitrogen and oxygen atoms in total. The van der Waals surface area contributed by atoms with Crippen LogP contribution in [0, 0.1) is 11.3 Å². The molecule has 0 spiro atoms. The van der Waals surface area contributed by atoms with Crippen LogP contribution in [0.5, 0.6) is 0 Å². The van der Waals surface area contributed by atoms with E-state index >= 15 is 0 Å². The number of carbonyl (C=O) groups is 1. The number of amides is 1. The second-order valence-corrected chi connectivity index (χ2v) is 5.40. The third-order valence-corrected chi connectivity index (χ3v) is 3.70. The van der Waals surface area contributed by atoms with Crippen molar-refractivity contribution in [2.75, 3.05) is 0 Å². The first-order valence-corrected chi connectivity index (χ1v) is 7.36. The lowest BCUT2D eigenvalue weighted by Gasteiger charge is -1.97. The van der Waals surface area contributed by atoms with E-state index in [-0.39, 0.29) is 12.3 Å². The summed E-state index contributed by atoms with van der Waals surface area (Å²) < 4.78 is 1.88. The quantitative estimate of drug-likeness (QED) is 0.591. The molecule has 1 N–H and O–H groups in total. The Morgan fingerprint density at radius 1 is 1.45 bits per heavy atom. The molecule has 0 radical (unpaired) electrons. The maximum absolute atomic E-state index is 11.8. The first-order valence-electron chi connectivity index (χ1n) is 6.48. The van der Waals surface area contributed by atoms with Crippen molar-refractivity contribution >= 4 is 28.4 Å². The van der Waals surface area contributed by atoms with Crippen molar-refractivity contribution in [3.63, 3.8) is 0 Å². The van der Waals surface area contributed by atoms with Crippen LogP contribution in [0.15, 0.2) is 47.1 Å². The first kappa shape index (κ1) is 14.0. The number of benzene rings is 1. The van der Waals surface area contributed by atoms with Crippen LogP contribution < -0.4 is 5.43 Å². The van der Waals surface area contributed by atoms with Crippen LogP contribution in [-0.4, -0.2) is 21.5 Å². The Hall–Kier alpha value is -2.98. The van der Waals surface area contributed by atoms with Gasteiger partial charge in [-0.15, -0.1) is 11.3 Å². The number of carbonyl (C=O) groups excluding carboxylic acids is 1. The molecule has 22 heavy (non-hydrogen) atoms. The number of nitriles is 1. The number of hydrogen-bond donors (Lipinski definition) is 1. The molecule has 0 fully saturated rings. The first-order chi connectivity index (χ1) is 10.7. The molecule has 3 rings (SSSR count). The summed E-state index contributed by atoms with van der Waals surface area (Å²) in [6.07, 6.45) is 5.44. The highest BCUT2D eigenvalue weighted by molar-refractivity contribution is 7.15. The molecule has 7 heteroatoms. The molecule has 0 atom stereocenters. The van der Waals surface area contributed by atoms with Crippen molar-refractivity contribution < 1.29 is 4.79 Å². The van der Waals surface area contributed by atoms with Crippen molar-refractivity contribution in [1.82, 2.24) is 14.8 Å². The minimum absolute atomic E-state index is 0.180. The highest BCUT2D eigenvalue weighted by Gasteiger charge is 2.07. The number of fused-ring (bicyclic) bond motifs is 1. The monoisotopic (exact) mass is 309 g/mol. The Morgan fingerprint density at radius 3 is 3.00 bits per heavy atom. The molecule has 0 saturated heterocycles. The molecule has 3 aromatic rings. The van der Waals surface area contributed by atoms with Crippen molar-refractivity contribution in [1.29, 1.82) is 5.26 Å². The summed E-state index contributed by atoms with van der Waals surface area (Å²) in [5, 5.41) is 14.5. The second-order valence-electron chi connectivity index (χ2n) is 4.53. The molecule has 2 heterocycles. The molecule has 0 bridgehead atoms. The van der Waals surface area contributed by atoms with Gasteiger partial charge in [0.2, 0.25) is 5.91 Å². The van der Waals surface area contributed by atoms with Crippen LogP contribution >= 0.6 is 11.3 Å². The zero-order valence-electron chi connectivity index (χ0n) is 11.4. The molecule has 0 aliphatic carbocycles. The topological polar surface area (TPSA) is 82.5 Å². The van der Waals surface area contributed by atoms with E-state index in [1.165, 1.54) is 17.6 Å². The molecule has 1 amide bonds. The molecule has 0 unspecified atom stereocenters. The van der Waals surface area contributed by atoms with Gasteiger partial charge in [0.25, 0.3) is 0 Å². The largest absolute Gasteiger partial charge is 0.297 e. The van der Waals surface area contributed by atoms with Gasteiger partial charge < -0.3 is 0 Å². The van der Waals surface area contributed by atoms with Crippen LogP contribution in [0.25, 0.3) is 4.96 Å². The van der Waals surface area contributed by atoms with Crippen LogP contribution in [0.4, 0.5) is 0 Å². The lowest BCUT2D eigenvalue weighted by atomic mass is 10.2. The standard InChI is InChI=1S/C15H11N5OS/c16-8-11-1-3-12(4-2-11)9-17-19-14(21)7-13-10-20-5-6-22-15(20)18-13/h1-6,9-10H,7H2,(H,19,21)/b17-9+. The fourth-order valence-corrected chi connectivity index (χ4v) is 2.61. The van der Waals surface area contributed by atoms with Gasteiger partial charge in [-0.1, -0.05) is 12.1 Å². The normalized spacial score (nSPS) is 10.9. The average molecular weight is 309 g/mol. The van der Waals surface area contributed by atoms with Gasteiger partial charge in [0.1, 0.15) is 0 Å². The summed E-state index contributed by atoms with van der Waals surface area (Å²) in [6.45, 7) is 0. The van der Waals surface area contributed by atoms with Crippen LogP contribution in [0.2, 0.25) is 0 Å². The number of thiazole rings is 1. The van der Waals surface area contributed by atoms with Crippen LogP contribution in [0.1, 0.15) is 16.8 Å². The average Bonchev–Trinajstić information content (AvgIpc) is 3.09. The van der Waals surface area contributed by atoms with Gasteiger partial charge in [-0.25, -0.2) is 10.4 Å². The molecule has 0 saturated carbocycles. The summed E-state index contributed by atoms with van der Waals surface area (Å²) in [6, 6.07) is 8.96. The summed E-state index contributed by atoms with van der Waals surface area (Å²) in [5.74, 6) is -0.226. The molecule has 0 aliphatic rings. The molecular formula is C15H11N5OS. The van der Waals surface area contributed by atoms with E-state index in [9.17, 15) is 4.79 Å². The van der Waals surface area contributed by atoms with Gasteiger partial charge in [-0.2, -0.15) is 10.4 Å². The highest BCUT2D eigenvalue weighted by Crippen LogP contribution is 2.11. The predicted molar refractivity (Wildman–Crippen MR) is 83.7 cm³/mol. The SMILES string of the molecule is N#Cc1ccc(/C=N/NC(=O)Cc2cn3ccsc3n2)cc1. The number of nitrogens with one attached hydrogen (secondary N) is 1. The Bertz CT molecular complexity index is 841. The van der Waals surface area contributed by atoms with E-state index in [4.69, 9.17) is 5.26 Å². The number of hydrogen-bond acceptors (Lipinski definition) is 5. The number of aromatic nitrogens is 2. The van der Waals surface area contributed by atoms with E-state index < -0.39 is 0 Å². The summed E-state index contributed by atoms with van der Waals surface area (Å²) in [7, 11) is 0. The van der Waals surface area contributed by atoms with Gasteiger partial charge >= 0.3 is 0 Å².